The third kappa shape index (κ3) is 5.43. The zero-order valence-corrected chi connectivity index (χ0v) is 19.3. The topological polar surface area (TPSA) is 79.4 Å². The van der Waals surface area contributed by atoms with Gasteiger partial charge in [0, 0.05) is 24.0 Å². The van der Waals surface area contributed by atoms with E-state index in [0.29, 0.717) is 0 Å². The van der Waals surface area contributed by atoms with Crippen molar-refractivity contribution in [3.05, 3.63) is 76.4 Å². The molecule has 0 radical (unpaired) electrons. The van der Waals surface area contributed by atoms with Crippen molar-refractivity contribution in [1.82, 2.24) is 15.2 Å². The van der Waals surface area contributed by atoms with Crippen LogP contribution < -0.4 is 5.32 Å². The number of aryl methyl sites for hydroxylation is 1. The zero-order chi connectivity index (χ0) is 23.4. The fourth-order valence-electron chi connectivity index (χ4n) is 3.32. The summed E-state index contributed by atoms with van der Waals surface area (Å²) in [5, 5.41) is 4.11. The van der Waals surface area contributed by atoms with Crippen molar-refractivity contribution in [1.29, 1.82) is 0 Å². The predicted octanol–water partition coefficient (Wildman–Crippen LogP) is 4.63. The largest absolute Gasteiger partial charge is 0.354 e. The van der Waals surface area contributed by atoms with E-state index in [1.54, 1.807) is 12.1 Å². The fourth-order valence-corrected chi connectivity index (χ4v) is 4.98. The number of para-hydroxylation sites is 1. The highest BCUT2D eigenvalue weighted by atomic mass is 32.2. The summed E-state index contributed by atoms with van der Waals surface area (Å²) in [6.45, 7) is 2.18. The Morgan fingerprint density at radius 2 is 1.94 bits per heavy atom. The Kier molecular flexibility index (Phi) is 7.10. The van der Waals surface area contributed by atoms with Gasteiger partial charge in [-0.2, -0.15) is 0 Å². The number of benzene rings is 2. The Labute approximate surface area is 198 Å². The van der Waals surface area contributed by atoms with E-state index in [-0.39, 0.29) is 35.2 Å². The number of nitrogens with one attached hydrogen (secondary N) is 1. The lowest BCUT2D eigenvalue weighted by Crippen LogP contribution is -2.37. The fraction of sp³-hybridized carbons (Fsp3) is 0.167. The van der Waals surface area contributed by atoms with Gasteiger partial charge in [0.25, 0.3) is 11.1 Å². The van der Waals surface area contributed by atoms with Crippen molar-refractivity contribution in [3.8, 4) is 0 Å². The monoisotopic (exact) mass is 481 g/mol. The maximum absolute atomic E-state index is 13.8. The van der Waals surface area contributed by atoms with E-state index in [4.69, 9.17) is 0 Å². The van der Waals surface area contributed by atoms with Gasteiger partial charge in [0.2, 0.25) is 5.91 Å². The van der Waals surface area contributed by atoms with Crippen LogP contribution in [-0.4, -0.2) is 45.8 Å². The average Bonchev–Trinajstić information content (AvgIpc) is 3.06. The average molecular weight is 482 g/mol. The van der Waals surface area contributed by atoms with Crippen LogP contribution in [0.2, 0.25) is 0 Å². The standard InChI is InChI=1S/C24H20FN3O3S2/c1-15-12-22(27-19-9-5-3-7-17(15)19)32-14-21(29)26-10-11-28-23(30)20(33-24(28)31)13-16-6-2-4-8-18(16)25/h2-9,12-13H,10-11,14H2,1H3,(H,26,29). The highest BCUT2D eigenvalue weighted by Crippen LogP contribution is 2.32. The number of imide groups is 1. The van der Waals surface area contributed by atoms with Gasteiger partial charge >= 0.3 is 0 Å². The molecule has 1 aliphatic heterocycles. The van der Waals surface area contributed by atoms with Gasteiger partial charge in [-0.3, -0.25) is 19.3 Å². The van der Waals surface area contributed by atoms with Gasteiger partial charge in [-0.1, -0.05) is 48.2 Å². The molecule has 0 spiro atoms. The molecule has 3 aromatic rings. The Balaban J connectivity index is 1.28. The second-order valence-electron chi connectivity index (χ2n) is 7.29. The smallest absolute Gasteiger partial charge is 0.293 e. The first kappa shape index (κ1) is 23.0. The van der Waals surface area contributed by atoms with Crippen molar-refractivity contribution < 1.29 is 18.8 Å². The van der Waals surface area contributed by atoms with E-state index in [2.05, 4.69) is 10.3 Å². The molecule has 6 nitrogen and oxygen atoms in total. The molecule has 168 valence electrons. The number of hydrogen-bond acceptors (Lipinski definition) is 6. The SMILES string of the molecule is Cc1cc(SCC(=O)NCCN2C(=O)SC(=Cc3ccccc3F)C2=O)nc2ccccc12. The molecule has 1 aliphatic rings. The number of carbonyl (C=O) groups excluding carboxylic acids is 3. The summed E-state index contributed by atoms with van der Waals surface area (Å²) in [5.74, 6) is -1.01. The van der Waals surface area contributed by atoms with Crippen LogP contribution in [0.4, 0.5) is 9.18 Å². The second kappa shape index (κ2) is 10.2. The number of nitrogens with zero attached hydrogens (tertiary/aromatic N) is 2. The molecule has 0 bridgehead atoms. The number of halogens is 1. The van der Waals surface area contributed by atoms with Crippen LogP contribution in [0.15, 0.2) is 64.5 Å². The maximum atomic E-state index is 13.8. The molecular formula is C24H20FN3O3S2. The molecule has 9 heteroatoms. The second-order valence-corrected chi connectivity index (χ2v) is 9.28. The number of amides is 3. The summed E-state index contributed by atoms with van der Waals surface area (Å²) in [7, 11) is 0. The van der Waals surface area contributed by atoms with E-state index >= 15 is 0 Å². The van der Waals surface area contributed by atoms with Crippen LogP contribution in [-0.2, 0) is 9.59 Å². The molecule has 1 fully saturated rings. The number of carbonyl (C=O) groups is 3. The van der Waals surface area contributed by atoms with Crippen LogP contribution in [0.5, 0.6) is 0 Å². The minimum Gasteiger partial charge on any atom is -0.354 e. The molecular weight excluding hydrogens is 461 g/mol. The normalized spacial score (nSPS) is 15.0. The van der Waals surface area contributed by atoms with Crippen LogP contribution in [0.3, 0.4) is 0 Å². The summed E-state index contributed by atoms with van der Waals surface area (Å²) in [4.78, 5) is 42.7. The molecule has 3 amide bonds. The first-order valence-corrected chi connectivity index (χ1v) is 12.0. The number of aromatic nitrogens is 1. The highest BCUT2D eigenvalue weighted by molar-refractivity contribution is 8.18. The molecule has 2 heterocycles. The first-order chi connectivity index (χ1) is 15.9. The lowest BCUT2D eigenvalue weighted by Gasteiger charge is -2.13. The minimum absolute atomic E-state index is 0.0447. The zero-order valence-electron chi connectivity index (χ0n) is 17.7. The number of fused-ring (bicyclic) bond motifs is 1. The molecule has 1 saturated heterocycles. The van der Waals surface area contributed by atoms with Gasteiger partial charge in [0.15, 0.2) is 0 Å². The lowest BCUT2D eigenvalue weighted by molar-refractivity contribution is -0.123. The van der Waals surface area contributed by atoms with Gasteiger partial charge in [0.1, 0.15) is 5.82 Å². The molecule has 33 heavy (non-hydrogen) atoms. The molecule has 0 saturated carbocycles. The molecule has 0 unspecified atom stereocenters. The molecule has 2 aromatic carbocycles. The first-order valence-electron chi connectivity index (χ1n) is 10.2. The third-order valence-electron chi connectivity index (χ3n) is 4.97. The summed E-state index contributed by atoms with van der Waals surface area (Å²) in [6, 6.07) is 15.8. The molecule has 1 N–H and O–H groups in total. The quantitative estimate of drug-likeness (QED) is 0.392. The predicted molar refractivity (Wildman–Crippen MR) is 129 cm³/mol. The Morgan fingerprint density at radius 3 is 2.76 bits per heavy atom. The van der Waals surface area contributed by atoms with Crippen LogP contribution in [0.1, 0.15) is 11.1 Å². The van der Waals surface area contributed by atoms with Crippen LogP contribution in [0, 0.1) is 12.7 Å². The Hall–Kier alpha value is -3.17. The molecule has 4 rings (SSSR count). The van der Waals surface area contributed by atoms with Crippen molar-refractivity contribution in [2.24, 2.45) is 0 Å². The van der Waals surface area contributed by atoms with Gasteiger partial charge in [0.05, 0.1) is 21.2 Å². The van der Waals surface area contributed by atoms with E-state index in [9.17, 15) is 18.8 Å². The highest BCUT2D eigenvalue weighted by Gasteiger charge is 2.34. The minimum atomic E-state index is -0.493. The van der Waals surface area contributed by atoms with E-state index in [0.717, 1.165) is 38.2 Å². The summed E-state index contributed by atoms with van der Waals surface area (Å²) in [6.07, 6.45) is 1.37. The van der Waals surface area contributed by atoms with E-state index < -0.39 is 17.0 Å². The Morgan fingerprint density at radius 1 is 1.18 bits per heavy atom. The summed E-state index contributed by atoms with van der Waals surface area (Å²) in [5.41, 5.74) is 2.21. The molecule has 0 aliphatic carbocycles. The number of thioether (sulfide) groups is 2. The van der Waals surface area contributed by atoms with Crippen molar-refractivity contribution in [3.63, 3.8) is 0 Å². The number of pyridine rings is 1. The van der Waals surface area contributed by atoms with Gasteiger partial charge in [-0.15, -0.1) is 0 Å². The summed E-state index contributed by atoms with van der Waals surface area (Å²) >= 11 is 2.09. The van der Waals surface area contributed by atoms with Crippen molar-refractivity contribution in [2.45, 2.75) is 11.9 Å². The molecule has 1 aromatic heterocycles. The van der Waals surface area contributed by atoms with Crippen molar-refractivity contribution >= 4 is 57.6 Å². The summed E-state index contributed by atoms with van der Waals surface area (Å²) < 4.78 is 13.8. The van der Waals surface area contributed by atoms with E-state index in [1.807, 2.05) is 37.3 Å². The van der Waals surface area contributed by atoms with Crippen LogP contribution in [0.25, 0.3) is 17.0 Å². The number of hydrogen-bond donors (Lipinski definition) is 1. The van der Waals surface area contributed by atoms with Crippen molar-refractivity contribution in [2.75, 3.05) is 18.8 Å². The van der Waals surface area contributed by atoms with Gasteiger partial charge in [-0.05, 0) is 48.5 Å². The number of rotatable bonds is 7. The van der Waals surface area contributed by atoms with Gasteiger partial charge in [-0.25, -0.2) is 9.37 Å². The maximum Gasteiger partial charge on any atom is 0.293 e. The van der Waals surface area contributed by atoms with Gasteiger partial charge < -0.3 is 5.32 Å². The van der Waals surface area contributed by atoms with Crippen LogP contribution >= 0.6 is 23.5 Å². The Bertz CT molecular complexity index is 1280. The molecule has 0 atom stereocenters. The van der Waals surface area contributed by atoms with E-state index in [1.165, 1.54) is 30.0 Å². The lowest BCUT2D eigenvalue weighted by atomic mass is 10.1. The third-order valence-corrected chi connectivity index (χ3v) is 6.79.